The predicted octanol–water partition coefficient (Wildman–Crippen LogP) is 3.82. The van der Waals surface area contributed by atoms with E-state index in [0.29, 0.717) is 11.3 Å². The van der Waals surface area contributed by atoms with Crippen LogP contribution in [0.1, 0.15) is 43.7 Å². The maximum Gasteiger partial charge on any atom is 0.292 e. The van der Waals surface area contributed by atoms with E-state index < -0.39 is 11.0 Å². The number of amides is 1. The molecule has 7 nitrogen and oxygen atoms in total. The average Bonchev–Trinajstić information content (AvgIpc) is 3.22. The molecule has 1 aliphatic carbocycles. The van der Waals surface area contributed by atoms with Gasteiger partial charge in [0.25, 0.3) is 5.69 Å². The minimum Gasteiger partial charge on any atom is -0.472 e. The van der Waals surface area contributed by atoms with Gasteiger partial charge >= 0.3 is 0 Å². The molecule has 0 spiro atoms. The Labute approximate surface area is 163 Å². The van der Waals surface area contributed by atoms with Crippen molar-refractivity contribution in [1.82, 2.24) is 5.32 Å². The molecule has 7 heteroatoms. The van der Waals surface area contributed by atoms with Crippen LogP contribution in [0, 0.1) is 22.5 Å². The molecule has 1 atom stereocenters. The number of furan rings is 1. The summed E-state index contributed by atoms with van der Waals surface area (Å²) in [6.07, 6.45) is 13.7. The summed E-state index contributed by atoms with van der Waals surface area (Å²) in [5, 5.41) is 14.6. The lowest BCUT2D eigenvalue weighted by Crippen LogP contribution is -2.45. The summed E-state index contributed by atoms with van der Waals surface area (Å²) in [6.45, 7) is 0.0405. The summed E-state index contributed by atoms with van der Waals surface area (Å²) < 4.78 is 5.19. The van der Waals surface area contributed by atoms with E-state index in [1.54, 1.807) is 29.2 Å². The highest BCUT2D eigenvalue weighted by Gasteiger charge is 2.33. The molecule has 1 fully saturated rings. The number of nitrogens with zero attached hydrogens (tertiary/aromatic N) is 2. The first kappa shape index (κ1) is 19.5. The largest absolute Gasteiger partial charge is 0.472 e. The summed E-state index contributed by atoms with van der Waals surface area (Å²) in [6, 6.07) is 7.26. The Kier molecular flexibility index (Phi) is 6.33. The molecule has 1 N–H and O–H groups in total. The van der Waals surface area contributed by atoms with Gasteiger partial charge in [-0.25, -0.2) is 0 Å². The Morgan fingerprint density at radius 2 is 2.07 bits per heavy atom. The summed E-state index contributed by atoms with van der Waals surface area (Å²) in [5.74, 6) is 2.29. The minimum absolute atomic E-state index is 0.0405. The zero-order valence-corrected chi connectivity index (χ0v) is 15.5. The molecule has 0 saturated heterocycles. The van der Waals surface area contributed by atoms with E-state index in [2.05, 4.69) is 11.2 Å². The maximum absolute atomic E-state index is 13.2. The number of hydrogen-bond donors (Lipinski definition) is 1. The van der Waals surface area contributed by atoms with Crippen molar-refractivity contribution in [3.05, 3.63) is 58.5 Å². The number of nitrogens with one attached hydrogen (secondary N) is 1. The first-order valence-corrected chi connectivity index (χ1v) is 9.38. The number of carbonyl (C=O) groups excluding carboxylic acids is 1. The molecule has 28 heavy (non-hydrogen) atoms. The van der Waals surface area contributed by atoms with Crippen molar-refractivity contribution in [2.75, 3.05) is 11.4 Å². The topological polar surface area (TPSA) is 88.6 Å². The third-order valence-electron chi connectivity index (χ3n) is 5.02. The minimum atomic E-state index is -0.821. The summed E-state index contributed by atoms with van der Waals surface area (Å²) in [5.41, 5.74) is 0.800. The fourth-order valence-electron chi connectivity index (χ4n) is 3.71. The van der Waals surface area contributed by atoms with Crippen LogP contribution in [0.25, 0.3) is 0 Å². The molecule has 1 aromatic carbocycles. The van der Waals surface area contributed by atoms with E-state index in [0.717, 1.165) is 25.7 Å². The molecule has 1 unspecified atom stereocenters. The molecule has 1 amide bonds. The van der Waals surface area contributed by atoms with Crippen molar-refractivity contribution in [2.45, 2.75) is 44.2 Å². The summed E-state index contributed by atoms with van der Waals surface area (Å²) >= 11 is 0. The van der Waals surface area contributed by atoms with Crippen molar-refractivity contribution in [3.63, 3.8) is 0 Å². The number of carbonyl (C=O) groups is 1. The van der Waals surface area contributed by atoms with Gasteiger partial charge in [-0.3, -0.25) is 14.9 Å². The number of nitro benzene ring substituents is 1. The highest BCUT2D eigenvalue weighted by molar-refractivity contribution is 5.88. The number of terminal acetylenes is 1. The molecule has 1 aromatic heterocycles. The second-order valence-electron chi connectivity index (χ2n) is 6.88. The van der Waals surface area contributed by atoms with Gasteiger partial charge in [-0.15, -0.1) is 6.42 Å². The molecule has 1 heterocycles. The van der Waals surface area contributed by atoms with E-state index in [4.69, 9.17) is 10.8 Å². The monoisotopic (exact) mass is 381 g/mol. The third kappa shape index (κ3) is 4.34. The number of hydrogen-bond acceptors (Lipinski definition) is 5. The van der Waals surface area contributed by atoms with Gasteiger partial charge in [0.15, 0.2) is 0 Å². The van der Waals surface area contributed by atoms with Crippen LogP contribution in [0.3, 0.4) is 0 Å². The smallest absolute Gasteiger partial charge is 0.292 e. The van der Waals surface area contributed by atoms with Crippen molar-refractivity contribution >= 4 is 17.3 Å². The van der Waals surface area contributed by atoms with Crippen LogP contribution in [0.5, 0.6) is 0 Å². The standard InChI is InChI=1S/C21H23N3O4/c1-2-13-23(18-10-6-7-11-19(18)24(26)27)20(16-12-14-28-15-16)21(25)22-17-8-4-3-5-9-17/h1,6-7,10-12,14-15,17,20H,3-5,8-9,13H2,(H,22,25). The van der Waals surface area contributed by atoms with Crippen LogP contribution >= 0.6 is 0 Å². The highest BCUT2D eigenvalue weighted by atomic mass is 16.6. The Morgan fingerprint density at radius 1 is 1.32 bits per heavy atom. The second kappa shape index (κ2) is 9.09. The Bertz CT molecular complexity index is 851. The quantitative estimate of drug-likeness (QED) is 0.447. The van der Waals surface area contributed by atoms with Crippen LogP contribution in [-0.4, -0.2) is 23.4 Å². The Balaban J connectivity index is 1.98. The Hall–Kier alpha value is -3.27. The fraction of sp³-hybridized carbons (Fsp3) is 0.381. The summed E-state index contributed by atoms with van der Waals surface area (Å²) in [4.78, 5) is 25.9. The number of anilines is 1. The first-order chi connectivity index (χ1) is 13.6. The van der Waals surface area contributed by atoms with Gasteiger partial charge in [-0.2, -0.15) is 0 Å². The molecular weight excluding hydrogens is 358 g/mol. The fourth-order valence-corrected chi connectivity index (χ4v) is 3.71. The molecule has 1 saturated carbocycles. The van der Waals surface area contributed by atoms with Gasteiger partial charge in [-0.05, 0) is 25.0 Å². The van der Waals surface area contributed by atoms with E-state index in [1.165, 1.54) is 25.0 Å². The number of nitro groups is 1. The first-order valence-electron chi connectivity index (χ1n) is 9.38. The lowest BCUT2D eigenvalue weighted by molar-refractivity contribution is -0.384. The van der Waals surface area contributed by atoms with Gasteiger partial charge in [0, 0.05) is 17.7 Å². The van der Waals surface area contributed by atoms with E-state index >= 15 is 0 Å². The van der Waals surface area contributed by atoms with Crippen molar-refractivity contribution in [2.24, 2.45) is 0 Å². The number of benzene rings is 1. The van der Waals surface area contributed by atoms with Crippen LogP contribution in [0.15, 0.2) is 47.3 Å². The van der Waals surface area contributed by atoms with Crippen molar-refractivity contribution in [3.8, 4) is 12.3 Å². The van der Waals surface area contributed by atoms with Crippen LogP contribution < -0.4 is 10.2 Å². The highest BCUT2D eigenvalue weighted by Crippen LogP contribution is 2.34. The van der Waals surface area contributed by atoms with E-state index in [1.807, 2.05) is 0 Å². The van der Waals surface area contributed by atoms with Crippen LogP contribution in [-0.2, 0) is 4.79 Å². The number of rotatable bonds is 7. The Morgan fingerprint density at radius 3 is 2.71 bits per heavy atom. The van der Waals surface area contributed by atoms with E-state index in [9.17, 15) is 14.9 Å². The van der Waals surface area contributed by atoms with Gasteiger partial charge in [-0.1, -0.05) is 37.3 Å². The maximum atomic E-state index is 13.2. The SMILES string of the molecule is C#CCN(c1ccccc1[N+](=O)[O-])C(C(=O)NC1CCCCC1)c1ccoc1. The molecule has 2 aromatic rings. The van der Waals surface area contributed by atoms with Crippen molar-refractivity contribution in [1.29, 1.82) is 0 Å². The lowest BCUT2D eigenvalue weighted by Gasteiger charge is -2.32. The molecule has 3 rings (SSSR count). The predicted molar refractivity (Wildman–Crippen MR) is 106 cm³/mol. The zero-order chi connectivity index (χ0) is 19.9. The normalized spacial score (nSPS) is 15.4. The summed E-state index contributed by atoms with van der Waals surface area (Å²) in [7, 11) is 0. The second-order valence-corrected chi connectivity index (χ2v) is 6.88. The van der Waals surface area contributed by atoms with Crippen molar-refractivity contribution < 1.29 is 14.1 Å². The molecule has 0 aliphatic heterocycles. The molecule has 0 radical (unpaired) electrons. The molecular formula is C21H23N3O4. The zero-order valence-electron chi connectivity index (χ0n) is 15.5. The molecule has 1 aliphatic rings. The molecule has 0 bridgehead atoms. The molecule has 146 valence electrons. The van der Waals surface area contributed by atoms with E-state index in [-0.39, 0.29) is 24.2 Å². The van der Waals surface area contributed by atoms with Gasteiger partial charge in [0.05, 0.1) is 24.0 Å². The third-order valence-corrected chi connectivity index (χ3v) is 5.02. The van der Waals surface area contributed by atoms with Crippen LogP contribution in [0.4, 0.5) is 11.4 Å². The van der Waals surface area contributed by atoms with Gasteiger partial charge in [0.2, 0.25) is 5.91 Å². The average molecular weight is 381 g/mol. The van der Waals surface area contributed by atoms with Crippen LogP contribution in [0.2, 0.25) is 0 Å². The van der Waals surface area contributed by atoms with Gasteiger partial charge < -0.3 is 14.6 Å². The number of para-hydroxylation sites is 2. The van der Waals surface area contributed by atoms with Gasteiger partial charge in [0.1, 0.15) is 11.7 Å². The lowest BCUT2D eigenvalue weighted by atomic mass is 9.95.